The molecule has 0 aromatic heterocycles. The second kappa shape index (κ2) is 7.95. The lowest BCUT2D eigenvalue weighted by atomic mass is 9.88. The Hall–Kier alpha value is -0.860. The molecule has 0 amide bonds. The highest BCUT2D eigenvalue weighted by Gasteiger charge is 2.29. The average Bonchev–Trinajstić information content (AvgIpc) is 2.69. The van der Waals surface area contributed by atoms with E-state index < -0.39 is 0 Å². The van der Waals surface area contributed by atoms with Gasteiger partial charge in [0.25, 0.3) is 0 Å². The number of nitrogens with zero attached hydrogens (tertiary/aromatic N) is 1. The molecule has 2 heteroatoms. The van der Waals surface area contributed by atoms with Crippen LogP contribution in [0.15, 0.2) is 24.3 Å². The third-order valence-corrected chi connectivity index (χ3v) is 4.78. The SMILES string of the molecule is CCN1CCCCC(CN)C1c1ccc(CC(C)C)cc1. The summed E-state index contributed by atoms with van der Waals surface area (Å²) in [5.41, 5.74) is 9.00. The van der Waals surface area contributed by atoms with Crippen molar-refractivity contribution in [2.45, 2.75) is 52.5 Å². The maximum atomic E-state index is 6.09. The van der Waals surface area contributed by atoms with Crippen molar-refractivity contribution in [3.63, 3.8) is 0 Å². The van der Waals surface area contributed by atoms with Crippen LogP contribution in [0.5, 0.6) is 0 Å². The van der Waals surface area contributed by atoms with Gasteiger partial charge in [0, 0.05) is 6.04 Å². The molecule has 118 valence electrons. The van der Waals surface area contributed by atoms with E-state index in [1.807, 2.05) is 0 Å². The lowest BCUT2D eigenvalue weighted by Gasteiger charge is -2.34. The molecule has 2 nitrogen and oxygen atoms in total. The second-order valence-corrected chi connectivity index (χ2v) is 6.90. The first-order valence-electron chi connectivity index (χ1n) is 8.68. The van der Waals surface area contributed by atoms with Crippen molar-refractivity contribution in [2.24, 2.45) is 17.6 Å². The third-order valence-electron chi connectivity index (χ3n) is 4.78. The van der Waals surface area contributed by atoms with Gasteiger partial charge in [-0.3, -0.25) is 4.90 Å². The summed E-state index contributed by atoms with van der Waals surface area (Å²) in [5.74, 6) is 1.32. The summed E-state index contributed by atoms with van der Waals surface area (Å²) in [5, 5.41) is 0. The molecule has 0 bridgehead atoms. The normalized spacial score (nSPS) is 24.2. The summed E-state index contributed by atoms with van der Waals surface area (Å²) >= 11 is 0. The van der Waals surface area contributed by atoms with Crippen LogP contribution in [0.25, 0.3) is 0 Å². The molecule has 0 saturated carbocycles. The molecular formula is C19H32N2. The highest BCUT2D eigenvalue weighted by Crippen LogP contribution is 2.34. The summed E-state index contributed by atoms with van der Waals surface area (Å²) in [7, 11) is 0. The Bertz CT molecular complexity index is 396. The van der Waals surface area contributed by atoms with Gasteiger partial charge < -0.3 is 5.73 Å². The molecule has 2 unspecified atom stereocenters. The molecule has 21 heavy (non-hydrogen) atoms. The van der Waals surface area contributed by atoms with Gasteiger partial charge in [-0.25, -0.2) is 0 Å². The molecular weight excluding hydrogens is 256 g/mol. The highest BCUT2D eigenvalue weighted by atomic mass is 15.2. The van der Waals surface area contributed by atoms with Gasteiger partial charge in [-0.1, -0.05) is 51.5 Å². The van der Waals surface area contributed by atoms with Gasteiger partial charge in [0.05, 0.1) is 0 Å². The van der Waals surface area contributed by atoms with Gasteiger partial charge in [0.15, 0.2) is 0 Å². The van der Waals surface area contributed by atoms with Crippen LogP contribution >= 0.6 is 0 Å². The van der Waals surface area contributed by atoms with Gasteiger partial charge >= 0.3 is 0 Å². The lowest BCUT2D eigenvalue weighted by molar-refractivity contribution is 0.166. The standard InChI is InChI=1S/C19H32N2/c1-4-21-12-6-5-7-18(14-20)19(21)17-10-8-16(9-11-17)13-15(2)3/h8-11,15,18-19H,4-7,12-14,20H2,1-3H3. The predicted molar refractivity (Wildman–Crippen MR) is 91.4 cm³/mol. The molecule has 1 heterocycles. The van der Waals surface area contributed by atoms with Crippen molar-refractivity contribution in [3.8, 4) is 0 Å². The lowest BCUT2D eigenvalue weighted by Crippen LogP contribution is -2.35. The van der Waals surface area contributed by atoms with Crippen LogP contribution < -0.4 is 5.73 Å². The van der Waals surface area contributed by atoms with Crippen LogP contribution in [0.3, 0.4) is 0 Å². The molecule has 1 aromatic carbocycles. The van der Waals surface area contributed by atoms with Crippen LogP contribution in [0.4, 0.5) is 0 Å². The second-order valence-electron chi connectivity index (χ2n) is 6.90. The number of hydrogen-bond donors (Lipinski definition) is 1. The van der Waals surface area contributed by atoms with Gasteiger partial charge in [0.2, 0.25) is 0 Å². The van der Waals surface area contributed by atoms with Crippen LogP contribution in [0, 0.1) is 11.8 Å². The molecule has 0 radical (unpaired) electrons. The van der Waals surface area contributed by atoms with E-state index in [2.05, 4.69) is 49.9 Å². The first-order valence-corrected chi connectivity index (χ1v) is 8.68. The monoisotopic (exact) mass is 288 g/mol. The molecule has 1 aromatic rings. The Labute approximate surface area is 130 Å². The zero-order chi connectivity index (χ0) is 15.2. The summed E-state index contributed by atoms with van der Waals surface area (Å²) in [6, 6.07) is 9.84. The minimum absolute atomic E-state index is 0.510. The molecule has 0 aliphatic carbocycles. The number of benzene rings is 1. The zero-order valence-electron chi connectivity index (χ0n) is 14.0. The van der Waals surface area contributed by atoms with Gasteiger partial charge in [-0.2, -0.15) is 0 Å². The average molecular weight is 288 g/mol. The van der Waals surface area contributed by atoms with Crippen molar-refractivity contribution < 1.29 is 0 Å². The summed E-state index contributed by atoms with van der Waals surface area (Å²) in [6.07, 6.45) is 5.07. The van der Waals surface area contributed by atoms with Crippen LogP contribution in [0.1, 0.15) is 57.2 Å². The third kappa shape index (κ3) is 4.31. The van der Waals surface area contributed by atoms with Crippen molar-refractivity contribution in [2.75, 3.05) is 19.6 Å². The van der Waals surface area contributed by atoms with Gasteiger partial charge in [-0.15, -0.1) is 0 Å². The maximum absolute atomic E-state index is 6.09. The minimum atomic E-state index is 0.510. The van der Waals surface area contributed by atoms with Crippen molar-refractivity contribution >= 4 is 0 Å². The van der Waals surface area contributed by atoms with Gasteiger partial charge in [-0.05, 0) is 61.9 Å². The van der Waals surface area contributed by atoms with Crippen molar-refractivity contribution in [3.05, 3.63) is 35.4 Å². The van der Waals surface area contributed by atoms with E-state index in [1.165, 1.54) is 43.4 Å². The van der Waals surface area contributed by atoms with E-state index in [0.29, 0.717) is 12.0 Å². The quantitative estimate of drug-likeness (QED) is 0.887. The highest BCUT2D eigenvalue weighted by molar-refractivity contribution is 5.26. The first kappa shape index (κ1) is 16.5. The fraction of sp³-hybridized carbons (Fsp3) is 0.684. The molecule has 0 spiro atoms. The van der Waals surface area contributed by atoms with E-state index in [-0.39, 0.29) is 0 Å². The minimum Gasteiger partial charge on any atom is -0.330 e. The van der Waals surface area contributed by atoms with Crippen molar-refractivity contribution in [1.82, 2.24) is 4.90 Å². The Morgan fingerprint density at radius 2 is 1.90 bits per heavy atom. The summed E-state index contributed by atoms with van der Waals surface area (Å²) in [4.78, 5) is 2.63. The molecule has 1 fully saturated rings. The fourth-order valence-electron chi connectivity index (χ4n) is 3.72. The first-order chi connectivity index (χ1) is 10.2. The number of hydrogen-bond acceptors (Lipinski definition) is 2. The Balaban J connectivity index is 2.21. The smallest absolute Gasteiger partial charge is 0.0388 e. The molecule has 1 aliphatic rings. The summed E-state index contributed by atoms with van der Waals surface area (Å²) in [6.45, 7) is 9.97. The van der Waals surface area contributed by atoms with Crippen LogP contribution in [0.2, 0.25) is 0 Å². The van der Waals surface area contributed by atoms with E-state index in [1.54, 1.807) is 0 Å². The number of nitrogens with two attached hydrogens (primary N) is 1. The predicted octanol–water partition coefficient (Wildman–Crippen LogP) is 4.01. The Morgan fingerprint density at radius 1 is 1.19 bits per heavy atom. The molecule has 2 atom stereocenters. The Morgan fingerprint density at radius 3 is 2.48 bits per heavy atom. The van der Waals surface area contributed by atoms with Gasteiger partial charge in [0.1, 0.15) is 0 Å². The molecule has 2 N–H and O–H groups in total. The topological polar surface area (TPSA) is 29.3 Å². The molecule has 1 saturated heterocycles. The van der Waals surface area contributed by atoms with E-state index in [0.717, 1.165) is 19.0 Å². The zero-order valence-corrected chi connectivity index (χ0v) is 14.0. The van der Waals surface area contributed by atoms with Crippen LogP contribution in [-0.4, -0.2) is 24.5 Å². The van der Waals surface area contributed by atoms with E-state index in [9.17, 15) is 0 Å². The maximum Gasteiger partial charge on any atom is 0.0388 e. The number of likely N-dealkylation sites (tertiary alicyclic amines) is 1. The van der Waals surface area contributed by atoms with Crippen LogP contribution in [-0.2, 0) is 6.42 Å². The molecule has 1 aliphatic heterocycles. The largest absolute Gasteiger partial charge is 0.330 e. The Kier molecular flexibility index (Phi) is 6.25. The molecule has 2 rings (SSSR count). The van der Waals surface area contributed by atoms with E-state index in [4.69, 9.17) is 5.73 Å². The van der Waals surface area contributed by atoms with E-state index >= 15 is 0 Å². The summed E-state index contributed by atoms with van der Waals surface area (Å²) < 4.78 is 0. The fourth-order valence-corrected chi connectivity index (χ4v) is 3.72. The van der Waals surface area contributed by atoms with Crippen molar-refractivity contribution in [1.29, 1.82) is 0 Å². The number of rotatable bonds is 5.